The number of hydrogen-bond donors (Lipinski definition) is 0. The van der Waals surface area contributed by atoms with Crippen LogP contribution in [0, 0.1) is 0 Å². The van der Waals surface area contributed by atoms with E-state index in [1.807, 2.05) is 35.2 Å². The van der Waals surface area contributed by atoms with Gasteiger partial charge in [0.05, 0.1) is 41.8 Å². The van der Waals surface area contributed by atoms with E-state index in [-0.39, 0.29) is 35.1 Å². The lowest BCUT2D eigenvalue weighted by atomic mass is 10.1. The Morgan fingerprint density at radius 3 is 2.62 bits per heavy atom. The van der Waals surface area contributed by atoms with E-state index in [1.165, 1.54) is 11.8 Å². The van der Waals surface area contributed by atoms with Gasteiger partial charge in [-0.3, -0.25) is 4.79 Å². The first-order valence-corrected chi connectivity index (χ1v) is 12.1. The number of carbonyl (C=O) groups is 1. The monoisotopic (exact) mass is 450 g/mol. The molecule has 0 saturated carbocycles. The van der Waals surface area contributed by atoms with Crippen molar-refractivity contribution in [1.82, 2.24) is 0 Å². The molecule has 29 heavy (non-hydrogen) atoms. The molecule has 0 aliphatic carbocycles. The van der Waals surface area contributed by atoms with Crippen molar-refractivity contribution in [3.63, 3.8) is 0 Å². The molecule has 0 unspecified atom stereocenters. The molecule has 2 aromatic carbocycles. The van der Waals surface area contributed by atoms with Crippen LogP contribution in [-0.4, -0.2) is 49.4 Å². The van der Waals surface area contributed by atoms with Crippen LogP contribution in [0.3, 0.4) is 0 Å². The van der Waals surface area contributed by atoms with Gasteiger partial charge in [-0.1, -0.05) is 47.6 Å². The SMILES string of the molecule is COc1ccc(CC(=O)N=C2S[C@@H]3CS(=O)(=O)C[C@H]3N2c2ccccc2Cl)cc1. The fourth-order valence-corrected chi connectivity index (χ4v) is 7.71. The van der Waals surface area contributed by atoms with Gasteiger partial charge < -0.3 is 9.64 Å². The molecule has 2 fully saturated rings. The predicted octanol–water partition coefficient (Wildman–Crippen LogP) is 3.19. The van der Waals surface area contributed by atoms with Gasteiger partial charge in [0, 0.05) is 5.25 Å². The number of benzene rings is 2. The van der Waals surface area contributed by atoms with E-state index >= 15 is 0 Å². The van der Waals surface area contributed by atoms with Crippen molar-refractivity contribution in [3.05, 3.63) is 59.1 Å². The molecule has 6 nitrogen and oxygen atoms in total. The molecule has 0 N–H and O–H groups in total. The van der Waals surface area contributed by atoms with Crippen molar-refractivity contribution in [2.24, 2.45) is 4.99 Å². The number of aliphatic imine (C=N–C) groups is 1. The predicted molar refractivity (Wildman–Crippen MR) is 117 cm³/mol. The number of fused-ring (bicyclic) bond motifs is 1. The van der Waals surface area contributed by atoms with Crippen molar-refractivity contribution in [1.29, 1.82) is 0 Å². The molecule has 2 aliphatic rings. The summed E-state index contributed by atoms with van der Waals surface area (Å²) >= 11 is 7.71. The quantitative estimate of drug-likeness (QED) is 0.712. The standard InChI is InChI=1S/C20H19ClN2O4S2/c1-27-14-8-6-13(7-9-14)10-19(24)22-20-23(16-5-3-2-4-15(16)21)17-11-29(25,26)12-18(17)28-20/h2-9,17-18H,10-12H2,1H3/t17-,18-/m1/s1. The number of methoxy groups -OCH3 is 1. The zero-order chi connectivity index (χ0) is 20.6. The molecule has 1 amide bonds. The molecule has 4 rings (SSSR count). The molecule has 9 heteroatoms. The minimum absolute atomic E-state index is 0.0293. The van der Waals surface area contributed by atoms with Gasteiger partial charge in [-0.15, -0.1) is 0 Å². The van der Waals surface area contributed by atoms with E-state index in [1.54, 1.807) is 25.3 Å². The Bertz CT molecular complexity index is 1070. The summed E-state index contributed by atoms with van der Waals surface area (Å²) in [6.07, 6.45) is 0.151. The average molecular weight is 451 g/mol. The molecule has 0 spiro atoms. The van der Waals surface area contributed by atoms with Crippen LogP contribution in [0.4, 0.5) is 5.69 Å². The van der Waals surface area contributed by atoms with Gasteiger partial charge in [0.15, 0.2) is 15.0 Å². The van der Waals surface area contributed by atoms with Crippen molar-refractivity contribution in [2.75, 3.05) is 23.5 Å². The Morgan fingerprint density at radius 1 is 1.21 bits per heavy atom. The summed E-state index contributed by atoms with van der Waals surface area (Å²) in [6.45, 7) is 0. The van der Waals surface area contributed by atoms with Crippen LogP contribution < -0.4 is 9.64 Å². The molecule has 152 valence electrons. The summed E-state index contributed by atoms with van der Waals surface area (Å²) in [5.74, 6) is 0.534. The number of amidine groups is 1. The number of hydrogen-bond acceptors (Lipinski definition) is 5. The molecule has 2 saturated heterocycles. The number of nitrogens with zero attached hydrogens (tertiary/aromatic N) is 2. The van der Waals surface area contributed by atoms with E-state index in [2.05, 4.69) is 4.99 Å². The molecule has 2 heterocycles. The van der Waals surface area contributed by atoms with E-state index in [0.29, 0.717) is 15.9 Å². The lowest BCUT2D eigenvalue weighted by molar-refractivity contribution is -0.117. The molecule has 0 bridgehead atoms. The first kappa shape index (κ1) is 20.3. The highest BCUT2D eigenvalue weighted by Gasteiger charge is 2.49. The van der Waals surface area contributed by atoms with Crippen LogP contribution in [0.2, 0.25) is 5.02 Å². The van der Waals surface area contributed by atoms with Gasteiger partial charge in [-0.05, 0) is 29.8 Å². The summed E-state index contributed by atoms with van der Waals surface area (Å²) in [5.41, 5.74) is 1.50. The molecule has 2 aromatic rings. The van der Waals surface area contributed by atoms with Crippen LogP contribution in [0.5, 0.6) is 5.75 Å². The average Bonchev–Trinajstić information content (AvgIpc) is 3.13. The third kappa shape index (κ3) is 4.29. The fourth-order valence-electron chi connectivity index (χ4n) is 3.56. The summed E-state index contributed by atoms with van der Waals surface area (Å²) in [5, 5.41) is 0.832. The van der Waals surface area contributed by atoms with Crippen LogP contribution in [0.25, 0.3) is 0 Å². The first-order valence-electron chi connectivity index (χ1n) is 9.01. The third-order valence-corrected chi connectivity index (χ3v) is 8.44. The maximum atomic E-state index is 12.6. The molecule has 0 radical (unpaired) electrons. The Labute approximate surface area is 178 Å². The maximum Gasteiger partial charge on any atom is 0.252 e. The van der Waals surface area contributed by atoms with Crippen molar-refractivity contribution >= 4 is 50.0 Å². The van der Waals surface area contributed by atoms with E-state index < -0.39 is 9.84 Å². The summed E-state index contributed by atoms with van der Waals surface area (Å²) < 4.78 is 29.4. The van der Waals surface area contributed by atoms with Gasteiger partial charge in [0.25, 0.3) is 5.91 Å². The van der Waals surface area contributed by atoms with Gasteiger partial charge >= 0.3 is 0 Å². The van der Waals surface area contributed by atoms with E-state index in [4.69, 9.17) is 16.3 Å². The second-order valence-corrected chi connectivity index (χ2v) is 10.7. The summed E-state index contributed by atoms with van der Waals surface area (Å²) in [7, 11) is -1.54. The number of thioether (sulfide) groups is 1. The number of rotatable bonds is 4. The lowest BCUT2D eigenvalue weighted by Crippen LogP contribution is -2.38. The lowest BCUT2D eigenvalue weighted by Gasteiger charge is -2.25. The van der Waals surface area contributed by atoms with Gasteiger partial charge in [0.2, 0.25) is 0 Å². The zero-order valence-corrected chi connectivity index (χ0v) is 18.0. The Hall–Kier alpha value is -2.03. The van der Waals surface area contributed by atoms with E-state index in [9.17, 15) is 13.2 Å². The molecule has 2 aliphatic heterocycles. The van der Waals surface area contributed by atoms with Gasteiger partial charge in [-0.2, -0.15) is 4.99 Å². The van der Waals surface area contributed by atoms with Crippen molar-refractivity contribution in [2.45, 2.75) is 17.7 Å². The Balaban J connectivity index is 1.62. The minimum atomic E-state index is -3.12. The second kappa shape index (κ2) is 8.01. The fraction of sp³-hybridized carbons (Fsp3) is 0.300. The number of halogens is 1. The Kier molecular flexibility index (Phi) is 5.59. The topological polar surface area (TPSA) is 76.0 Å². The molecule has 2 atom stereocenters. The highest BCUT2D eigenvalue weighted by Crippen LogP contribution is 2.43. The van der Waals surface area contributed by atoms with Gasteiger partial charge in [0.1, 0.15) is 5.75 Å². The smallest absolute Gasteiger partial charge is 0.252 e. The minimum Gasteiger partial charge on any atom is -0.497 e. The second-order valence-electron chi connectivity index (χ2n) is 6.93. The highest BCUT2D eigenvalue weighted by molar-refractivity contribution is 8.16. The normalized spacial score (nSPS) is 23.9. The van der Waals surface area contributed by atoms with Crippen molar-refractivity contribution in [3.8, 4) is 5.75 Å². The largest absolute Gasteiger partial charge is 0.497 e. The Morgan fingerprint density at radius 2 is 1.93 bits per heavy atom. The highest BCUT2D eigenvalue weighted by atomic mass is 35.5. The number of amides is 1. The molecular weight excluding hydrogens is 432 g/mol. The van der Waals surface area contributed by atoms with Crippen LogP contribution in [0.15, 0.2) is 53.5 Å². The van der Waals surface area contributed by atoms with Crippen LogP contribution in [-0.2, 0) is 21.1 Å². The maximum absolute atomic E-state index is 12.6. The molecular formula is C20H19ClN2O4S2. The number of para-hydroxylation sites is 1. The third-order valence-electron chi connectivity index (χ3n) is 4.91. The number of anilines is 1. The first-order chi connectivity index (χ1) is 13.9. The molecule has 0 aromatic heterocycles. The van der Waals surface area contributed by atoms with E-state index in [0.717, 1.165) is 11.3 Å². The van der Waals surface area contributed by atoms with Crippen LogP contribution in [0.1, 0.15) is 5.56 Å². The number of ether oxygens (including phenoxy) is 1. The van der Waals surface area contributed by atoms with Crippen molar-refractivity contribution < 1.29 is 17.9 Å². The zero-order valence-electron chi connectivity index (χ0n) is 15.6. The summed E-state index contributed by atoms with van der Waals surface area (Å²) in [6, 6.07) is 14.2. The number of sulfone groups is 1. The van der Waals surface area contributed by atoms with Gasteiger partial charge in [-0.25, -0.2) is 8.42 Å². The number of carbonyl (C=O) groups excluding carboxylic acids is 1. The van der Waals surface area contributed by atoms with Crippen LogP contribution >= 0.6 is 23.4 Å². The summed E-state index contributed by atoms with van der Waals surface area (Å²) in [4.78, 5) is 18.8.